The van der Waals surface area contributed by atoms with Crippen LogP contribution in [0.2, 0.25) is 0 Å². The summed E-state index contributed by atoms with van der Waals surface area (Å²) in [5.74, 6) is -0.543. The first-order valence-corrected chi connectivity index (χ1v) is 3.99. The number of H-pyrrole nitrogens is 1. The maximum absolute atomic E-state index is 13.0. The monoisotopic (exact) mass is 194 g/mol. The fraction of sp³-hybridized carbons (Fsp3) is 0.111. The Morgan fingerprint density at radius 1 is 1.43 bits per heavy atom. The standard InChI is InChI=1S/C9H7FN2O2/c10-6-1-5(4-13)8-3-11-12-9(14)7(8)2-6/h1-3,13H,4H2,(H,12,14). The molecule has 0 atom stereocenters. The molecule has 0 aliphatic carbocycles. The van der Waals surface area contributed by atoms with Crippen molar-refractivity contribution in [2.75, 3.05) is 0 Å². The number of nitrogens with zero attached hydrogens (tertiary/aromatic N) is 1. The number of aromatic nitrogens is 2. The topological polar surface area (TPSA) is 66.0 Å². The zero-order valence-electron chi connectivity index (χ0n) is 7.12. The van der Waals surface area contributed by atoms with Crippen LogP contribution in [0.1, 0.15) is 5.56 Å². The first kappa shape index (κ1) is 8.83. The molecule has 2 N–H and O–H groups in total. The van der Waals surface area contributed by atoms with Crippen LogP contribution in [0.15, 0.2) is 23.1 Å². The Labute approximate surface area is 78.0 Å². The summed E-state index contributed by atoms with van der Waals surface area (Å²) in [6.45, 7) is -0.320. The van der Waals surface area contributed by atoms with Gasteiger partial charge in [0.2, 0.25) is 0 Å². The lowest BCUT2D eigenvalue weighted by Gasteiger charge is -2.01. The lowest BCUT2D eigenvalue weighted by molar-refractivity contribution is 0.283. The van der Waals surface area contributed by atoms with E-state index in [1.165, 1.54) is 12.3 Å². The van der Waals surface area contributed by atoms with Gasteiger partial charge in [0, 0.05) is 5.39 Å². The van der Waals surface area contributed by atoms with E-state index in [0.29, 0.717) is 10.9 Å². The van der Waals surface area contributed by atoms with Crippen LogP contribution in [-0.2, 0) is 6.61 Å². The molecule has 0 fully saturated rings. The molecule has 0 aliphatic heterocycles. The molecule has 0 saturated heterocycles. The molecule has 4 nitrogen and oxygen atoms in total. The van der Waals surface area contributed by atoms with E-state index < -0.39 is 11.4 Å². The molecule has 0 bridgehead atoms. The van der Waals surface area contributed by atoms with Crippen LogP contribution in [0, 0.1) is 5.82 Å². The van der Waals surface area contributed by atoms with Crippen molar-refractivity contribution in [1.82, 2.24) is 10.2 Å². The fourth-order valence-electron chi connectivity index (χ4n) is 1.36. The number of benzene rings is 1. The third-order valence-electron chi connectivity index (χ3n) is 2.01. The van der Waals surface area contributed by atoms with Crippen LogP contribution in [0.25, 0.3) is 10.8 Å². The summed E-state index contributed by atoms with van der Waals surface area (Å²) < 4.78 is 13.0. The number of aliphatic hydroxyl groups excluding tert-OH is 1. The van der Waals surface area contributed by atoms with E-state index in [4.69, 9.17) is 5.11 Å². The summed E-state index contributed by atoms with van der Waals surface area (Å²) in [6.07, 6.45) is 1.39. The third kappa shape index (κ3) is 1.27. The van der Waals surface area contributed by atoms with Crippen molar-refractivity contribution in [3.05, 3.63) is 40.1 Å². The lowest BCUT2D eigenvalue weighted by Crippen LogP contribution is -2.08. The number of fused-ring (bicyclic) bond motifs is 1. The lowest BCUT2D eigenvalue weighted by atomic mass is 10.1. The van der Waals surface area contributed by atoms with Crippen molar-refractivity contribution in [3.8, 4) is 0 Å². The van der Waals surface area contributed by atoms with Crippen molar-refractivity contribution in [3.63, 3.8) is 0 Å². The van der Waals surface area contributed by atoms with E-state index in [9.17, 15) is 9.18 Å². The predicted molar refractivity (Wildman–Crippen MR) is 48.2 cm³/mol. The molecule has 14 heavy (non-hydrogen) atoms. The zero-order valence-corrected chi connectivity index (χ0v) is 7.12. The summed E-state index contributed by atoms with van der Waals surface area (Å²) >= 11 is 0. The minimum atomic E-state index is -0.543. The molecule has 0 spiro atoms. The Morgan fingerprint density at radius 3 is 2.93 bits per heavy atom. The molecule has 0 unspecified atom stereocenters. The van der Waals surface area contributed by atoms with E-state index in [-0.39, 0.29) is 12.0 Å². The van der Waals surface area contributed by atoms with Gasteiger partial charge in [-0.2, -0.15) is 5.10 Å². The number of aromatic amines is 1. The first-order chi connectivity index (χ1) is 6.72. The zero-order chi connectivity index (χ0) is 10.1. The Balaban J connectivity index is 2.95. The summed E-state index contributed by atoms with van der Waals surface area (Å²) in [4.78, 5) is 11.2. The van der Waals surface area contributed by atoms with E-state index in [1.807, 2.05) is 0 Å². The number of hydrogen-bond acceptors (Lipinski definition) is 3. The van der Waals surface area contributed by atoms with E-state index >= 15 is 0 Å². The van der Waals surface area contributed by atoms with Crippen LogP contribution in [0.5, 0.6) is 0 Å². The number of aliphatic hydroxyl groups is 1. The number of nitrogens with one attached hydrogen (secondary N) is 1. The largest absolute Gasteiger partial charge is 0.392 e. The molecule has 1 aromatic heterocycles. The fourth-order valence-corrected chi connectivity index (χ4v) is 1.36. The number of halogens is 1. The van der Waals surface area contributed by atoms with Crippen LogP contribution in [-0.4, -0.2) is 15.3 Å². The highest BCUT2D eigenvalue weighted by Gasteiger charge is 2.06. The van der Waals surface area contributed by atoms with Gasteiger partial charge in [0.05, 0.1) is 18.2 Å². The Bertz CT molecular complexity index is 536. The summed E-state index contributed by atoms with van der Waals surface area (Å²) in [5, 5.41) is 15.4. The Hall–Kier alpha value is -1.75. The quantitative estimate of drug-likeness (QED) is 0.696. The average molecular weight is 194 g/mol. The molecule has 0 aliphatic rings. The van der Waals surface area contributed by atoms with Gasteiger partial charge in [0.15, 0.2) is 0 Å². The van der Waals surface area contributed by atoms with E-state index in [1.54, 1.807) is 0 Å². The van der Waals surface area contributed by atoms with Gasteiger partial charge < -0.3 is 5.11 Å². The molecule has 0 saturated carbocycles. The van der Waals surface area contributed by atoms with Crippen LogP contribution < -0.4 is 5.56 Å². The van der Waals surface area contributed by atoms with Crippen LogP contribution in [0.3, 0.4) is 0 Å². The highest BCUT2D eigenvalue weighted by molar-refractivity contribution is 5.83. The predicted octanol–water partition coefficient (Wildman–Crippen LogP) is 0.554. The average Bonchev–Trinajstić information content (AvgIpc) is 2.18. The first-order valence-electron chi connectivity index (χ1n) is 3.99. The molecule has 1 heterocycles. The second kappa shape index (κ2) is 3.19. The van der Waals surface area contributed by atoms with E-state index in [2.05, 4.69) is 10.2 Å². The van der Waals surface area contributed by atoms with Crippen LogP contribution >= 0.6 is 0 Å². The molecule has 2 rings (SSSR count). The normalized spacial score (nSPS) is 10.7. The molecule has 2 aromatic rings. The van der Waals surface area contributed by atoms with Gasteiger partial charge in [0.1, 0.15) is 5.82 Å². The third-order valence-corrected chi connectivity index (χ3v) is 2.01. The molecule has 72 valence electrons. The maximum Gasteiger partial charge on any atom is 0.272 e. The van der Waals surface area contributed by atoms with Gasteiger partial charge in [-0.05, 0) is 17.7 Å². The van der Waals surface area contributed by atoms with Crippen molar-refractivity contribution < 1.29 is 9.50 Å². The number of hydrogen-bond donors (Lipinski definition) is 2. The highest BCUT2D eigenvalue weighted by Crippen LogP contribution is 2.16. The van der Waals surface area contributed by atoms with Crippen molar-refractivity contribution in [1.29, 1.82) is 0 Å². The molecule has 0 amide bonds. The van der Waals surface area contributed by atoms with Gasteiger partial charge in [-0.3, -0.25) is 4.79 Å². The number of rotatable bonds is 1. The minimum Gasteiger partial charge on any atom is -0.392 e. The van der Waals surface area contributed by atoms with Gasteiger partial charge in [-0.15, -0.1) is 0 Å². The van der Waals surface area contributed by atoms with Crippen LogP contribution in [0.4, 0.5) is 4.39 Å². The van der Waals surface area contributed by atoms with Gasteiger partial charge in [0.25, 0.3) is 5.56 Å². The minimum absolute atomic E-state index is 0.198. The molecule has 0 radical (unpaired) electrons. The molecular formula is C9H7FN2O2. The van der Waals surface area contributed by atoms with Crippen molar-refractivity contribution in [2.45, 2.75) is 6.61 Å². The highest BCUT2D eigenvalue weighted by atomic mass is 19.1. The van der Waals surface area contributed by atoms with Gasteiger partial charge in [-0.25, -0.2) is 9.49 Å². The van der Waals surface area contributed by atoms with Gasteiger partial charge >= 0.3 is 0 Å². The summed E-state index contributed by atoms with van der Waals surface area (Å²) in [6, 6.07) is 2.30. The smallest absolute Gasteiger partial charge is 0.272 e. The van der Waals surface area contributed by atoms with Gasteiger partial charge in [-0.1, -0.05) is 0 Å². The Kier molecular flexibility index (Phi) is 2.01. The Morgan fingerprint density at radius 2 is 2.21 bits per heavy atom. The molecule has 5 heteroatoms. The summed E-state index contributed by atoms with van der Waals surface area (Å²) in [5.41, 5.74) is -0.102. The molecular weight excluding hydrogens is 187 g/mol. The van der Waals surface area contributed by atoms with Crippen molar-refractivity contribution in [2.24, 2.45) is 0 Å². The second-order valence-electron chi connectivity index (χ2n) is 2.88. The van der Waals surface area contributed by atoms with E-state index in [0.717, 1.165) is 6.07 Å². The second-order valence-corrected chi connectivity index (χ2v) is 2.88. The SMILES string of the molecule is O=c1[nH]ncc2c(CO)cc(F)cc12. The summed E-state index contributed by atoms with van der Waals surface area (Å²) in [7, 11) is 0. The maximum atomic E-state index is 13.0. The van der Waals surface area contributed by atoms with Crippen molar-refractivity contribution >= 4 is 10.8 Å². The molecule has 1 aromatic carbocycles.